The van der Waals surface area contributed by atoms with Crippen molar-refractivity contribution >= 4 is 5.84 Å². The zero-order chi connectivity index (χ0) is 16.0. The maximum atomic E-state index is 13.9. The Kier molecular flexibility index (Phi) is 5.95. The van der Waals surface area contributed by atoms with Gasteiger partial charge in [-0.25, -0.2) is 4.39 Å². The van der Waals surface area contributed by atoms with Gasteiger partial charge in [-0.2, -0.15) is 13.2 Å². The van der Waals surface area contributed by atoms with Crippen molar-refractivity contribution in [2.24, 2.45) is 10.9 Å². The van der Waals surface area contributed by atoms with Gasteiger partial charge in [0.25, 0.3) is 0 Å². The van der Waals surface area contributed by atoms with Gasteiger partial charge in [-0.1, -0.05) is 24.2 Å². The molecule has 0 bridgehead atoms. The molecule has 0 saturated heterocycles. The first kappa shape index (κ1) is 17.2. The van der Waals surface area contributed by atoms with E-state index >= 15 is 0 Å². The highest BCUT2D eigenvalue weighted by Gasteiger charge is 2.30. The van der Waals surface area contributed by atoms with Crippen molar-refractivity contribution in [2.75, 3.05) is 13.1 Å². The highest BCUT2D eigenvalue weighted by Crippen LogP contribution is 2.20. The molecule has 8 heteroatoms. The Morgan fingerprint density at radius 3 is 2.52 bits per heavy atom. The summed E-state index contributed by atoms with van der Waals surface area (Å²) in [6.07, 6.45) is -3.81. The zero-order valence-corrected chi connectivity index (χ0v) is 11.5. The van der Waals surface area contributed by atoms with Gasteiger partial charge in [-0.05, 0) is 19.0 Å². The molecule has 1 rings (SSSR count). The fourth-order valence-electron chi connectivity index (χ4n) is 1.92. The number of hydrogen-bond acceptors (Lipinski definition) is 3. The third-order valence-corrected chi connectivity index (χ3v) is 2.79. The summed E-state index contributed by atoms with van der Waals surface area (Å²) < 4.78 is 51.2. The molecule has 0 fully saturated rings. The van der Waals surface area contributed by atoms with Gasteiger partial charge in [0.05, 0.1) is 6.54 Å². The van der Waals surface area contributed by atoms with Crippen molar-refractivity contribution in [1.82, 2.24) is 4.90 Å². The summed E-state index contributed by atoms with van der Waals surface area (Å²) in [5.41, 5.74) is 5.61. The number of alkyl halides is 3. The van der Waals surface area contributed by atoms with Crippen LogP contribution in [-0.2, 0) is 6.54 Å². The van der Waals surface area contributed by atoms with Crippen molar-refractivity contribution < 1.29 is 22.8 Å². The van der Waals surface area contributed by atoms with Crippen molar-refractivity contribution in [1.29, 1.82) is 0 Å². The molecular weight excluding hydrogens is 290 g/mol. The molecule has 0 atom stereocenters. The normalized spacial score (nSPS) is 13.0. The Balaban J connectivity index is 2.89. The predicted molar refractivity (Wildman–Crippen MR) is 70.5 cm³/mol. The summed E-state index contributed by atoms with van der Waals surface area (Å²) >= 11 is 0. The molecule has 0 aliphatic heterocycles. The minimum Gasteiger partial charge on any atom is -0.409 e. The summed E-state index contributed by atoms with van der Waals surface area (Å²) in [4.78, 5) is 1.13. The minimum absolute atomic E-state index is 0.127. The highest BCUT2D eigenvalue weighted by molar-refractivity contribution is 5.97. The van der Waals surface area contributed by atoms with E-state index in [2.05, 4.69) is 5.16 Å². The SMILES string of the molecule is CCCN(Cc1ccc(C(N)=NO)cc1F)CC(F)(F)F. The molecule has 0 amide bonds. The average molecular weight is 307 g/mol. The van der Waals surface area contributed by atoms with E-state index in [1.807, 2.05) is 0 Å². The number of nitrogens with two attached hydrogens (primary N) is 1. The molecule has 0 spiro atoms. The molecule has 21 heavy (non-hydrogen) atoms. The van der Waals surface area contributed by atoms with E-state index in [9.17, 15) is 17.6 Å². The van der Waals surface area contributed by atoms with E-state index in [4.69, 9.17) is 10.9 Å². The second-order valence-electron chi connectivity index (χ2n) is 4.62. The van der Waals surface area contributed by atoms with Crippen LogP contribution in [-0.4, -0.2) is 35.2 Å². The molecule has 1 aromatic carbocycles. The molecule has 0 saturated carbocycles. The number of oxime groups is 1. The predicted octanol–water partition coefficient (Wildman–Crippen LogP) is 2.69. The molecule has 1 aromatic rings. The van der Waals surface area contributed by atoms with Crippen LogP contribution >= 0.6 is 0 Å². The zero-order valence-electron chi connectivity index (χ0n) is 11.5. The number of amidine groups is 1. The van der Waals surface area contributed by atoms with Gasteiger partial charge < -0.3 is 10.9 Å². The van der Waals surface area contributed by atoms with Crippen LogP contribution in [0.3, 0.4) is 0 Å². The first-order valence-electron chi connectivity index (χ1n) is 6.32. The molecule has 0 aromatic heterocycles. The van der Waals surface area contributed by atoms with E-state index in [0.717, 1.165) is 11.0 Å². The summed E-state index contributed by atoms with van der Waals surface area (Å²) in [5, 5.41) is 11.2. The minimum atomic E-state index is -4.33. The third-order valence-electron chi connectivity index (χ3n) is 2.79. The van der Waals surface area contributed by atoms with Gasteiger partial charge >= 0.3 is 6.18 Å². The van der Waals surface area contributed by atoms with Gasteiger partial charge in [0, 0.05) is 17.7 Å². The van der Waals surface area contributed by atoms with Gasteiger partial charge in [0.2, 0.25) is 0 Å². The molecule has 4 nitrogen and oxygen atoms in total. The molecule has 0 unspecified atom stereocenters. The fraction of sp³-hybridized carbons (Fsp3) is 0.462. The smallest absolute Gasteiger partial charge is 0.401 e. The van der Waals surface area contributed by atoms with E-state index < -0.39 is 18.5 Å². The van der Waals surface area contributed by atoms with Crippen LogP contribution in [0.15, 0.2) is 23.4 Å². The van der Waals surface area contributed by atoms with Gasteiger partial charge in [-0.15, -0.1) is 0 Å². The number of halogens is 4. The molecule has 3 N–H and O–H groups in total. The van der Waals surface area contributed by atoms with Gasteiger partial charge in [-0.3, -0.25) is 4.90 Å². The maximum absolute atomic E-state index is 13.9. The highest BCUT2D eigenvalue weighted by atomic mass is 19.4. The van der Waals surface area contributed by atoms with Crippen molar-refractivity contribution in [3.8, 4) is 0 Å². The van der Waals surface area contributed by atoms with Crippen molar-refractivity contribution in [3.63, 3.8) is 0 Å². The standard InChI is InChI=1S/C13H17F4N3O/c1-2-5-20(8-13(15,16)17)7-10-4-3-9(6-11(10)14)12(18)19-21/h3-4,6,21H,2,5,7-8H2,1H3,(H2,18,19). The molecule has 0 radical (unpaired) electrons. The molecule has 0 heterocycles. The van der Waals surface area contributed by atoms with Crippen LogP contribution in [0.5, 0.6) is 0 Å². The van der Waals surface area contributed by atoms with Crippen LogP contribution in [0.4, 0.5) is 17.6 Å². The lowest BCUT2D eigenvalue weighted by molar-refractivity contribution is -0.147. The Bertz CT molecular complexity index is 503. The second-order valence-corrected chi connectivity index (χ2v) is 4.62. The van der Waals surface area contributed by atoms with E-state index in [1.54, 1.807) is 6.92 Å². The average Bonchev–Trinajstić information content (AvgIpc) is 2.38. The number of benzene rings is 1. The fourth-order valence-corrected chi connectivity index (χ4v) is 1.92. The molecule has 0 aliphatic rings. The van der Waals surface area contributed by atoms with Crippen molar-refractivity contribution in [3.05, 3.63) is 35.1 Å². The second kappa shape index (κ2) is 7.26. The summed E-state index contributed by atoms with van der Waals surface area (Å²) in [6, 6.07) is 3.76. The van der Waals surface area contributed by atoms with E-state index in [0.29, 0.717) is 6.42 Å². The lowest BCUT2D eigenvalue weighted by Gasteiger charge is -2.23. The first-order chi connectivity index (χ1) is 9.76. The Morgan fingerprint density at radius 1 is 1.38 bits per heavy atom. The third kappa shape index (κ3) is 5.58. The van der Waals surface area contributed by atoms with Crippen LogP contribution in [0.1, 0.15) is 24.5 Å². The molecule has 0 aliphatic carbocycles. The van der Waals surface area contributed by atoms with Crippen LogP contribution in [0.2, 0.25) is 0 Å². The summed E-state index contributed by atoms with van der Waals surface area (Å²) in [6.45, 7) is 0.708. The number of nitrogens with zero attached hydrogens (tertiary/aromatic N) is 2. The molecule has 118 valence electrons. The largest absolute Gasteiger partial charge is 0.409 e. The van der Waals surface area contributed by atoms with Crippen LogP contribution in [0.25, 0.3) is 0 Å². The monoisotopic (exact) mass is 307 g/mol. The summed E-state index contributed by atoms with van der Waals surface area (Å²) in [7, 11) is 0. The van der Waals surface area contributed by atoms with Crippen LogP contribution in [0, 0.1) is 5.82 Å². The number of hydrogen-bond donors (Lipinski definition) is 2. The summed E-state index contributed by atoms with van der Waals surface area (Å²) in [5.74, 6) is -0.955. The van der Waals surface area contributed by atoms with Crippen LogP contribution < -0.4 is 5.73 Å². The Labute approximate surface area is 119 Å². The van der Waals surface area contributed by atoms with E-state index in [-0.39, 0.29) is 30.1 Å². The Morgan fingerprint density at radius 2 is 2.05 bits per heavy atom. The quantitative estimate of drug-likeness (QED) is 0.279. The topological polar surface area (TPSA) is 61.8 Å². The number of rotatable bonds is 6. The lowest BCUT2D eigenvalue weighted by Crippen LogP contribution is -2.34. The lowest BCUT2D eigenvalue weighted by atomic mass is 10.1. The molecular formula is C13H17F4N3O. The van der Waals surface area contributed by atoms with Gasteiger partial charge in [0.15, 0.2) is 5.84 Å². The van der Waals surface area contributed by atoms with Crippen molar-refractivity contribution in [2.45, 2.75) is 26.1 Å². The first-order valence-corrected chi connectivity index (χ1v) is 6.32. The maximum Gasteiger partial charge on any atom is 0.401 e. The van der Waals surface area contributed by atoms with E-state index in [1.165, 1.54) is 12.1 Å². The van der Waals surface area contributed by atoms with Gasteiger partial charge in [0.1, 0.15) is 5.82 Å². The Hall–Kier alpha value is -1.83.